The molecular weight excluding hydrogens is 204 g/mol. The largest absolute Gasteiger partial charge is 0.481 e. The van der Waals surface area contributed by atoms with Gasteiger partial charge in [0.25, 0.3) is 10.2 Å². The van der Waals surface area contributed by atoms with E-state index in [9.17, 15) is 18.0 Å². The van der Waals surface area contributed by atoms with E-state index in [0.29, 0.717) is 0 Å². The van der Waals surface area contributed by atoms with Crippen LogP contribution in [-0.2, 0) is 19.8 Å². The van der Waals surface area contributed by atoms with Gasteiger partial charge in [0, 0.05) is 0 Å². The van der Waals surface area contributed by atoms with Crippen molar-refractivity contribution in [2.45, 2.75) is 12.5 Å². The summed E-state index contributed by atoms with van der Waals surface area (Å²) >= 11 is 0. The van der Waals surface area contributed by atoms with Crippen molar-refractivity contribution in [3.8, 4) is 0 Å². The highest BCUT2D eigenvalue weighted by atomic mass is 32.2. The number of carbonyl (C=O) groups is 2. The maximum Gasteiger partial charge on any atom is 0.322 e. The molecule has 0 aromatic rings. The van der Waals surface area contributed by atoms with Crippen molar-refractivity contribution >= 4 is 22.1 Å². The highest BCUT2D eigenvalue weighted by Gasteiger charge is 2.24. The number of nitrogens with two attached hydrogens (primary N) is 1. The highest BCUT2D eigenvalue weighted by molar-refractivity contribution is 7.87. The molecule has 0 spiro atoms. The average Bonchev–Trinajstić information content (AvgIpc) is 1.81. The summed E-state index contributed by atoms with van der Waals surface area (Å²) < 4.78 is 22.1. The number of aliphatic carboxylic acids is 2. The van der Waals surface area contributed by atoms with Crippen LogP contribution in [0.4, 0.5) is 0 Å². The van der Waals surface area contributed by atoms with E-state index in [1.807, 2.05) is 0 Å². The second-order valence-electron chi connectivity index (χ2n) is 2.15. The Balaban J connectivity index is 4.45. The fourth-order valence-corrected chi connectivity index (χ4v) is 1.13. The lowest BCUT2D eigenvalue weighted by Gasteiger charge is -2.09. The smallest absolute Gasteiger partial charge is 0.322 e. The molecule has 1 unspecified atom stereocenters. The first kappa shape index (κ1) is 11.8. The summed E-state index contributed by atoms with van der Waals surface area (Å²) in [7, 11) is -4.21. The molecule has 0 aliphatic rings. The average molecular weight is 212 g/mol. The van der Waals surface area contributed by atoms with Crippen molar-refractivity contribution < 1.29 is 28.2 Å². The topological polar surface area (TPSA) is 147 Å². The third-order valence-electron chi connectivity index (χ3n) is 0.983. The number of nitrogens with one attached hydrogen (secondary N) is 1. The maximum absolute atomic E-state index is 10.3. The van der Waals surface area contributed by atoms with Gasteiger partial charge in [0.05, 0.1) is 6.42 Å². The normalized spacial score (nSPS) is 13.6. The van der Waals surface area contributed by atoms with E-state index >= 15 is 0 Å². The first-order valence-corrected chi connectivity index (χ1v) is 4.51. The Labute approximate surface area is 73.5 Å². The summed E-state index contributed by atoms with van der Waals surface area (Å²) in [5.74, 6) is -3.04. The fourth-order valence-electron chi connectivity index (χ4n) is 0.552. The molecule has 0 bridgehead atoms. The van der Waals surface area contributed by atoms with E-state index in [-0.39, 0.29) is 0 Å². The lowest BCUT2D eigenvalue weighted by Crippen LogP contribution is -2.45. The molecule has 0 aliphatic carbocycles. The van der Waals surface area contributed by atoms with Gasteiger partial charge in [0.1, 0.15) is 6.04 Å². The van der Waals surface area contributed by atoms with E-state index in [0.717, 1.165) is 0 Å². The Morgan fingerprint density at radius 1 is 1.38 bits per heavy atom. The zero-order chi connectivity index (χ0) is 10.6. The third kappa shape index (κ3) is 6.02. The summed E-state index contributed by atoms with van der Waals surface area (Å²) in [4.78, 5) is 20.3. The fraction of sp³-hybridized carbons (Fsp3) is 0.500. The minimum absolute atomic E-state index is 0.869. The third-order valence-corrected chi connectivity index (χ3v) is 1.60. The molecule has 0 aromatic carbocycles. The Morgan fingerprint density at radius 2 is 1.85 bits per heavy atom. The first-order chi connectivity index (χ1) is 5.72. The molecule has 0 fully saturated rings. The summed E-state index contributed by atoms with van der Waals surface area (Å²) in [6.07, 6.45) is -0.869. The molecule has 76 valence electrons. The molecule has 13 heavy (non-hydrogen) atoms. The molecule has 0 heterocycles. The van der Waals surface area contributed by atoms with Gasteiger partial charge in [-0.2, -0.15) is 13.1 Å². The molecule has 0 rings (SSSR count). The maximum atomic E-state index is 10.3. The van der Waals surface area contributed by atoms with Gasteiger partial charge in [-0.25, -0.2) is 5.14 Å². The van der Waals surface area contributed by atoms with E-state index in [2.05, 4.69) is 5.14 Å². The van der Waals surface area contributed by atoms with E-state index < -0.39 is 34.6 Å². The molecule has 0 aliphatic heterocycles. The van der Waals surface area contributed by atoms with Gasteiger partial charge >= 0.3 is 11.9 Å². The van der Waals surface area contributed by atoms with Gasteiger partial charge in [-0.3, -0.25) is 9.59 Å². The number of carboxylic acid groups (broad SMARTS) is 2. The molecule has 1 atom stereocenters. The molecule has 0 saturated carbocycles. The van der Waals surface area contributed by atoms with Crippen LogP contribution in [0.2, 0.25) is 0 Å². The van der Waals surface area contributed by atoms with Gasteiger partial charge in [-0.05, 0) is 0 Å². The number of hydrogen-bond acceptors (Lipinski definition) is 4. The lowest BCUT2D eigenvalue weighted by molar-refractivity contribution is -0.145. The highest BCUT2D eigenvalue weighted by Crippen LogP contribution is 1.93. The molecule has 0 aromatic heterocycles. The van der Waals surface area contributed by atoms with Crippen LogP contribution >= 0.6 is 0 Å². The van der Waals surface area contributed by atoms with Crippen molar-refractivity contribution in [1.29, 1.82) is 0 Å². The van der Waals surface area contributed by atoms with Crippen molar-refractivity contribution in [2.24, 2.45) is 5.14 Å². The lowest BCUT2D eigenvalue weighted by atomic mass is 10.2. The van der Waals surface area contributed by atoms with E-state index in [1.165, 1.54) is 4.72 Å². The standard InChI is InChI=1S/C4H8N2O6S/c5-13(11,12)6-2(4(9)10)1-3(7)8/h2,6H,1H2,(H,7,8)(H,9,10)(H2,5,11,12). The number of carboxylic acids is 2. The first-order valence-electron chi connectivity index (χ1n) is 2.97. The van der Waals surface area contributed by atoms with Crippen LogP contribution in [0.25, 0.3) is 0 Å². The Hall–Kier alpha value is -1.19. The quantitative estimate of drug-likeness (QED) is 0.403. The molecular formula is C4H8N2O6S. The summed E-state index contributed by atoms with van der Waals surface area (Å²) in [6.45, 7) is 0. The monoisotopic (exact) mass is 212 g/mol. The number of rotatable bonds is 5. The van der Waals surface area contributed by atoms with Crippen LogP contribution in [0.15, 0.2) is 0 Å². The van der Waals surface area contributed by atoms with Crippen LogP contribution in [-0.4, -0.2) is 36.6 Å². The minimum atomic E-state index is -4.21. The van der Waals surface area contributed by atoms with Gasteiger partial charge in [0.2, 0.25) is 0 Å². The van der Waals surface area contributed by atoms with Crippen LogP contribution in [0.5, 0.6) is 0 Å². The molecule has 0 amide bonds. The van der Waals surface area contributed by atoms with Gasteiger partial charge in [0.15, 0.2) is 0 Å². The molecule has 8 nitrogen and oxygen atoms in total. The van der Waals surface area contributed by atoms with Crippen LogP contribution in [0.3, 0.4) is 0 Å². The second kappa shape index (κ2) is 4.16. The van der Waals surface area contributed by atoms with Gasteiger partial charge < -0.3 is 10.2 Å². The zero-order valence-corrected chi connectivity index (χ0v) is 7.11. The predicted octanol–water partition coefficient (Wildman–Crippen LogP) is -2.29. The number of hydrogen-bond donors (Lipinski definition) is 4. The summed E-state index contributed by atoms with van der Waals surface area (Å²) in [5.41, 5.74) is 0. The predicted molar refractivity (Wildman–Crippen MR) is 39.9 cm³/mol. The van der Waals surface area contributed by atoms with E-state index in [1.54, 1.807) is 0 Å². The van der Waals surface area contributed by atoms with Crippen LogP contribution in [0, 0.1) is 0 Å². The second-order valence-corrected chi connectivity index (χ2v) is 3.48. The molecule has 5 N–H and O–H groups in total. The van der Waals surface area contributed by atoms with Crippen molar-refractivity contribution in [2.75, 3.05) is 0 Å². The summed E-state index contributed by atoms with van der Waals surface area (Å²) in [6, 6.07) is -1.74. The SMILES string of the molecule is NS(=O)(=O)NC(CC(=O)O)C(=O)O. The van der Waals surface area contributed by atoms with Crippen molar-refractivity contribution in [1.82, 2.24) is 4.72 Å². The van der Waals surface area contributed by atoms with Gasteiger partial charge in [-0.1, -0.05) is 0 Å². The Bertz CT molecular complexity index is 309. The summed E-state index contributed by atoms with van der Waals surface area (Å²) in [5, 5.41) is 21.0. The van der Waals surface area contributed by atoms with Gasteiger partial charge in [-0.15, -0.1) is 0 Å². The molecule has 9 heteroatoms. The molecule has 0 radical (unpaired) electrons. The Kier molecular flexibility index (Phi) is 3.78. The minimum Gasteiger partial charge on any atom is -0.481 e. The van der Waals surface area contributed by atoms with E-state index in [4.69, 9.17) is 10.2 Å². The Morgan fingerprint density at radius 3 is 2.08 bits per heavy atom. The van der Waals surface area contributed by atoms with Crippen molar-refractivity contribution in [3.63, 3.8) is 0 Å². The molecule has 0 saturated heterocycles. The van der Waals surface area contributed by atoms with Crippen LogP contribution < -0.4 is 9.86 Å². The zero-order valence-electron chi connectivity index (χ0n) is 6.30. The van der Waals surface area contributed by atoms with Crippen molar-refractivity contribution in [3.05, 3.63) is 0 Å². The van der Waals surface area contributed by atoms with Crippen LogP contribution in [0.1, 0.15) is 6.42 Å².